The topological polar surface area (TPSA) is 61.4 Å². The number of hydrogen-bond donors (Lipinski definition) is 3. The highest BCUT2D eigenvalue weighted by Crippen LogP contribution is 2.32. The average Bonchev–Trinajstić information content (AvgIpc) is 2.85. The van der Waals surface area contributed by atoms with Gasteiger partial charge in [0.1, 0.15) is 0 Å². The largest absolute Gasteiger partial charge is 0.416 e. The van der Waals surface area contributed by atoms with E-state index in [0.29, 0.717) is 17.7 Å². The smallest absolute Gasteiger partial charge is 0.387 e. The molecule has 0 aromatic heterocycles. The maximum Gasteiger partial charge on any atom is 0.416 e. The fraction of sp³-hybridized carbons (Fsp3) is 0.500. The molecule has 1 saturated heterocycles. The first kappa shape index (κ1) is 17.0. The van der Waals surface area contributed by atoms with Crippen molar-refractivity contribution in [3.63, 3.8) is 0 Å². The van der Waals surface area contributed by atoms with Crippen LogP contribution in [0.15, 0.2) is 18.2 Å². The molecule has 1 heterocycles. The molecular weight excluding hydrogens is 317 g/mol. The second-order valence-corrected chi connectivity index (χ2v) is 6.47. The molecule has 1 unspecified atom stereocenters. The van der Waals surface area contributed by atoms with Crippen molar-refractivity contribution in [2.75, 3.05) is 23.4 Å². The second kappa shape index (κ2) is 6.37. The molecule has 122 valence electrons. The van der Waals surface area contributed by atoms with Gasteiger partial charge in [-0.3, -0.25) is 0 Å². The molecule has 1 aromatic carbocycles. The number of halogens is 3. The number of urea groups is 1. The van der Waals surface area contributed by atoms with E-state index in [2.05, 4.69) is 10.6 Å². The molecule has 1 fully saturated rings. The second-order valence-electron chi connectivity index (χ2n) is 5.36. The molecule has 4 nitrogen and oxygen atoms in total. The molecule has 1 aliphatic heterocycles. The van der Waals surface area contributed by atoms with Crippen LogP contribution in [-0.2, 0) is 6.18 Å². The van der Waals surface area contributed by atoms with Gasteiger partial charge < -0.3 is 15.7 Å². The van der Waals surface area contributed by atoms with Gasteiger partial charge in [0.25, 0.3) is 0 Å². The number of carbonyl (C=O) groups excluding carboxylic acids is 1. The number of thioether (sulfide) groups is 1. The Hall–Kier alpha value is -1.41. The van der Waals surface area contributed by atoms with Gasteiger partial charge in [0.05, 0.1) is 11.2 Å². The summed E-state index contributed by atoms with van der Waals surface area (Å²) in [6, 6.07) is 2.54. The molecule has 22 heavy (non-hydrogen) atoms. The molecule has 8 heteroatoms. The molecule has 2 rings (SSSR count). The van der Waals surface area contributed by atoms with Crippen LogP contribution in [0.3, 0.4) is 0 Å². The molecule has 2 amide bonds. The number of benzene rings is 1. The summed E-state index contributed by atoms with van der Waals surface area (Å²) in [5.41, 5.74) is -1.14. The molecule has 0 saturated carbocycles. The van der Waals surface area contributed by atoms with Crippen LogP contribution in [0.4, 0.5) is 23.7 Å². The molecule has 1 aliphatic rings. The van der Waals surface area contributed by atoms with Crippen molar-refractivity contribution in [1.82, 2.24) is 5.32 Å². The Morgan fingerprint density at radius 2 is 2.18 bits per heavy atom. The monoisotopic (exact) mass is 334 g/mol. The number of hydrogen-bond acceptors (Lipinski definition) is 3. The van der Waals surface area contributed by atoms with Crippen LogP contribution in [0.1, 0.15) is 17.5 Å². The van der Waals surface area contributed by atoms with E-state index in [0.717, 1.165) is 17.9 Å². The Morgan fingerprint density at radius 3 is 2.77 bits per heavy atom. The van der Waals surface area contributed by atoms with Crippen molar-refractivity contribution in [3.05, 3.63) is 29.3 Å². The van der Waals surface area contributed by atoms with E-state index < -0.39 is 23.4 Å². The summed E-state index contributed by atoms with van der Waals surface area (Å²) in [5.74, 6) is 1.36. The fourth-order valence-corrected chi connectivity index (χ4v) is 3.38. The third-order valence-electron chi connectivity index (χ3n) is 3.47. The van der Waals surface area contributed by atoms with Crippen LogP contribution >= 0.6 is 11.8 Å². The van der Waals surface area contributed by atoms with Crippen LogP contribution in [0, 0.1) is 6.92 Å². The van der Waals surface area contributed by atoms with Crippen LogP contribution in [-0.4, -0.2) is 34.8 Å². The lowest BCUT2D eigenvalue weighted by Gasteiger charge is -2.22. The predicted octanol–water partition coefficient (Wildman–Crippen LogP) is 3.00. The van der Waals surface area contributed by atoms with Gasteiger partial charge in [-0.05, 0) is 36.8 Å². The Kier molecular flexibility index (Phi) is 4.91. The van der Waals surface area contributed by atoms with Crippen molar-refractivity contribution in [2.45, 2.75) is 25.1 Å². The Morgan fingerprint density at radius 1 is 1.45 bits per heavy atom. The van der Waals surface area contributed by atoms with Gasteiger partial charge in [-0.1, -0.05) is 6.07 Å². The van der Waals surface area contributed by atoms with E-state index in [9.17, 15) is 23.1 Å². The van der Waals surface area contributed by atoms with E-state index >= 15 is 0 Å². The highest BCUT2D eigenvalue weighted by molar-refractivity contribution is 7.99. The van der Waals surface area contributed by atoms with Crippen molar-refractivity contribution in [3.8, 4) is 0 Å². The van der Waals surface area contributed by atoms with E-state index in [1.165, 1.54) is 6.07 Å². The van der Waals surface area contributed by atoms with Crippen molar-refractivity contribution in [2.24, 2.45) is 0 Å². The van der Waals surface area contributed by atoms with Crippen LogP contribution in [0.25, 0.3) is 0 Å². The minimum Gasteiger partial charge on any atom is -0.387 e. The summed E-state index contributed by atoms with van der Waals surface area (Å²) in [6.45, 7) is 1.68. The SMILES string of the molecule is Cc1ccc(C(F)(F)F)cc1NC(=O)NCC1(O)CCSC1. The van der Waals surface area contributed by atoms with Gasteiger partial charge in [-0.2, -0.15) is 24.9 Å². The van der Waals surface area contributed by atoms with Crippen molar-refractivity contribution < 1.29 is 23.1 Å². The summed E-state index contributed by atoms with van der Waals surface area (Å²) >= 11 is 1.60. The van der Waals surface area contributed by atoms with Gasteiger partial charge >= 0.3 is 12.2 Å². The number of rotatable bonds is 3. The van der Waals surface area contributed by atoms with Crippen molar-refractivity contribution >= 4 is 23.5 Å². The summed E-state index contributed by atoms with van der Waals surface area (Å²) in [5, 5.41) is 15.0. The lowest BCUT2D eigenvalue weighted by Crippen LogP contribution is -2.44. The molecule has 3 N–H and O–H groups in total. The number of alkyl halides is 3. The minimum absolute atomic E-state index is 0.0733. The number of nitrogens with one attached hydrogen (secondary N) is 2. The maximum atomic E-state index is 12.7. The van der Waals surface area contributed by atoms with Gasteiger partial charge in [0.2, 0.25) is 0 Å². The third kappa shape index (κ3) is 4.30. The van der Waals surface area contributed by atoms with Gasteiger partial charge in [-0.15, -0.1) is 0 Å². The fourth-order valence-electron chi connectivity index (χ4n) is 2.08. The third-order valence-corrected chi connectivity index (χ3v) is 4.71. The summed E-state index contributed by atoms with van der Waals surface area (Å²) < 4.78 is 38.0. The average molecular weight is 334 g/mol. The molecular formula is C14H17F3N2O2S. The van der Waals surface area contributed by atoms with Gasteiger partial charge in [0, 0.05) is 18.0 Å². The van der Waals surface area contributed by atoms with E-state index in [1.54, 1.807) is 18.7 Å². The summed E-state index contributed by atoms with van der Waals surface area (Å²) in [6.07, 6.45) is -3.88. The molecule has 0 spiro atoms. The molecule has 1 aromatic rings. The minimum atomic E-state index is -4.46. The Labute approximate surface area is 130 Å². The normalized spacial score (nSPS) is 21.7. The number of anilines is 1. The lowest BCUT2D eigenvalue weighted by atomic mass is 10.0. The maximum absolute atomic E-state index is 12.7. The molecule has 0 radical (unpaired) electrons. The van der Waals surface area contributed by atoms with E-state index in [4.69, 9.17) is 0 Å². The van der Waals surface area contributed by atoms with Gasteiger partial charge in [0.15, 0.2) is 0 Å². The number of carbonyl (C=O) groups is 1. The Balaban J connectivity index is 1.99. The Bertz CT molecular complexity index is 558. The number of amides is 2. The molecule has 1 atom stereocenters. The van der Waals surface area contributed by atoms with E-state index in [1.807, 2.05) is 0 Å². The highest BCUT2D eigenvalue weighted by atomic mass is 32.2. The highest BCUT2D eigenvalue weighted by Gasteiger charge is 2.32. The van der Waals surface area contributed by atoms with Gasteiger partial charge in [-0.25, -0.2) is 4.79 Å². The first-order valence-corrected chi connectivity index (χ1v) is 7.88. The molecule has 0 bridgehead atoms. The number of aryl methyl sites for hydroxylation is 1. The van der Waals surface area contributed by atoms with Crippen LogP contribution < -0.4 is 10.6 Å². The first-order valence-electron chi connectivity index (χ1n) is 6.72. The molecule has 0 aliphatic carbocycles. The number of aliphatic hydroxyl groups is 1. The zero-order valence-corrected chi connectivity index (χ0v) is 12.8. The summed E-state index contributed by atoms with van der Waals surface area (Å²) in [7, 11) is 0. The summed E-state index contributed by atoms with van der Waals surface area (Å²) in [4.78, 5) is 11.8. The quantitative estimate of drug-likeness (QED) is 0.796. The first-order chi connectivity index (χ1) is 10.2. The zero-order chi connectivity index (χ0) is 16.4. The van der Waals surface area contributed by atoms with E-state index in [-0.39, 0.29) is 12.2 Å². The lowest BCUT2D eigenvalue weighted by molar-refractivity contribution is -0.137. The standard InChI is InChI=1S/C14H17F3N2O2S/c1-9-2-3-10(14(15,16)17)6-11(9)19-12(20)18-7-13(21)4-5-22-8-13/h2-3,6,21H,4-5,7-8H2,1H3,(H2,18,19,20). The van der Waals surface area contributed by atoms with Crippen molar-refractivity contribution in [1.29, 1.82) is 0 Å². The zero-order valence-electron chi connectivity index (χ0n) is 12.0. The van der Waals surface area contributed by atoms with Crippen LogP contribution in [0.2, 0.25) is 0 Å². The van der Waals surface area contributed by atoms with Crippen LogP contribution in [0.5, 0.6) is 0 Å². The predicted molar refractivity (Wildman–Crippen MR) is 80.1 cm³/mol.